The third-order valence-electron chi connectivity index (χ3n) is 22.1. The van der Waals surface area contributed by atoms with Crippen molar-refractivity contribution < 1.29 is 55.0 Å². The van der Waals surface area contributed by atoms with Crippen molar-refractivity contribution >= 4 is 44.1 Å². The van der Waals surface area contributed by atoms with Gasteiger partial charge in [0.25, 0.3) is 0 Å². The summed E-state index contributed by atoms with van der Waals surface area (Å²) in [5, 5.41) is 3.07. The molecule has 0 fully saturated rings. The van der Waals surface area contributed by atoms with Gasteiger partial charge in [0.2, 0.25) is 23.0 Å². The number of nitrogens with zero attached hydrogens (tertiary/aromatic N) is 6. The van der Waals surface area contributed by atoms with Crippen LogP contribution in [0, 0.1) is 0 Å². The van der Waals surface area contributed by atoms with Crippen LogP contribution in [0.5, 0.6) is 46.0 Å². The first kappa shape index (κ1) is 91.7. The Morgan fingerprint density at radius 3 is 0.708 bits per heavy atom. The van der Waals surface area contributed by atoms with Crippen LogP contribution in [-0.2, 0) is 17.1 Å². The maximum absolute atomic E-state index is 7.53. The van der Waals surface area contributed by atoms with Gasteiger partial charge in [-0.2, -0.15) is 0 Å². The van der Waals surface area contributed by atoms with Crippen molar-refractivity contribution in [1.82, 2.24) is 39.9 Å². The number of benzene rings is 4. The van der Waals surface area contributed by atoms with E-state index in [2.05, 4.69) is 102 Å². The third-order valence-corrected chi connectivity index (χ3v) is 22.1. The molecule has 0 saturated carbocycles. The van der Waals surface area contributed by atoms with E-state index in [1.807, 2.05) is 12.1 Å². The molecule has 0 unspecified atom stereocenters. The fraction of sp³-hybridized carbons (Fsp3) is 0.667. The summed E-state index contributed by atoms with van der Waals surface area (Å²) in [6.45, 7) is 21.8. The Labute approximate surface area is 691 Å². The van der Waals surface area contributed by atoms with Gasteiger partial charge in [-0.15, -0.1) is 0 Å². The van der Waals surface area contributed by atoms with Crippen LogP contribution in [-0.4, -0.2) is 92.7 Å². The van der Waals surface area contributed by atoms with Crippen LogP contribution in [0.15, 0.2) is 48.5 Å². The standard InChI is InChI=1S/C96H146N8O8.Cu/c1-9-17-25-33-41-53-65-105-81-77-79(83(107-67-55-43-35-27-19-11-3)87(111-71-59-47-39-31-23-15-7)85(81)109-69-57-45-37-29-21-13-5)95-102-93(77)100-91-75-63-51-49-61-73(75)89(98-91)97-90-74-62-50-52-64-76(74)92(99-90)101-94-78-80(96(103-94)104-95)84(108-68-56-44-36-28-20-12-4)88(112-72-60-48-40-32-24-16-8)86(110-70-58-46-38-30-22-14-6)82(78)106-66-54-42-34-26-18-10-2;/h49-52,61-64H,9-48,53-60,65-72H2,1-8H3,(H2,97,98,99,100,101,102,103,104);/q;+2. The number of hydrogen-bond acceptors (Lipinski definition) is 14. The van der Waals surface area contributed by atoms with E-state index in [9.17, 15) is 0 Å². The summed E-state index contributed by atoms with van der Waals surface area (Å²) in [5.41, 5.74) is 5.08. The zero-order valence-electron chi connectivity index (χ0n) is 71.5. The van der Waals surface area contributed by atoms with Gasteiger partial charge in [-0.25, -0.2) is 29.9 Å². The average Bonchev–Trinajstić information content (AvgIpc) is 1.59. The number of aromatic nitrogens is 8. The van der Waals surface area contributed by atoms with Crippen LogP contribution < -0.4 is 37.9 Å². The van der Waals surface area contributed by atoms with Crippen LogP contribution >= 0.6 is 0 Å². The first-order valence-electron chi connectivity index (χ1n) is 45.9. The number of unbranched alkanes of at least 4 members (excludes halogenated alkanes) is 40. The van der Waals surface area contributed by atoms with E-state index in [0.717, 1.165) is 176 Å². The van der Waals surface area contributed by atoms with Crippen LogP contribution in [0.3, 0.4) is 0 Å². The summed E-state index contributed by atoms with van der Waals surface area (Å²) in [6.07, 6.45) is 53.0. The van der Waals surface area contributed by atoms with E-state index < -0.39 is 0 Å². The van der Waals surface area contributed by atoms with Gasteiger partial charge in [-0.1, -0.05) is 361 Å². The Balaban J connectivity index is 0.0000160. The van der Waals surface area contributed by atoms with E-state index in [1.165, 1.54) is 154 Å². The predicted octanol–water partition coefficient (Wildman–Crippen LogP) is 28.8. The minimum Gasteiger partial charge on any atom is -0.489 e. The molecule has 113 heavy (non-hydrogen) atoms. The maximum Gasteiger partial charge on any atom is 2.00 e. The molecule has 0 atom stereocenters. The van der Waals surface area contributed by atoms with Crippen molar-refractivity contribution in [1.29, 1.82) is 0 Å². The largest absolute Gasteiger partial charge is 2.00 e. The molecule has 627 valence electrons. The second-order valence-electron chi connectivity index (χ2n) is 31.8. The third kappa shape index (κ3) is 28.2. The van der Waals surface area contributed by atoms with Gasteiger partial charge in [-0.3, -0.25) is 0 Å². The zero-order chi connectivity index (χ0) is 78.4. The van der Waals surface area contributed by atoms with Crippen molar-refractivity contribution in [2.24, 2.45) is 0 Å². The van der Waals surface area contributed by atoms with Gasteiger partial charge in [0.05, 0.1) is 74.8 Å². The number of H-pyrrole nitrogens is 2. The molecule has 0 spiro atoms. The summed E-state index contributed by atoms with van der Waals surface area (Å²) in [5.74, 6) is 6.00. The average molecular weight is 1600 g/mol. The van der Waals surface area contributed by atoms with Crippen molar-refractivity contribution in [2.75, 3.05) is 52.9 Å². The number of ether oxygens (including phenoxy) is 8. The fourth-order valence-electron chi connectivity index (χ4n) is 15.5. The van der Waals surface area contributed by atoms with Crippen LogP contribution in [0.25, 0.3) is 89.7 Å². The summed E-state index contributed by atoms with van der Waals surface area (Å²) in [7, 11) is 0. The number of rotatable bonds is 64. The summed E-state index contributed by atoms with van der Waals surface area (Å²) < 4.78 is 59.6. The summed E-state index contributed by atoms with van der Waals surface area (Å²) in [6, 6.07) is 16.6. The first-order chi connectivity index (χ1) is 55.4. The molecule has 2 N–H and O–H groups in total. The Bertz CT molecular complexity index is 4010. The van der Waals surface area contributed by atoms with Crippen molar-refractivity contribution in [3.63, 3.8) is 0 Å². The molecule has 0 saturated heterocycles. The molecule has 8 bridgehead atoms. The molecule has 9 rings (SSSR count). The first-order valence-corrected chi connectivity index (χ1v) is 45.9. The molecule has 16 nitrogen and oxygen atoms in total. The maximum atomic E-state index is 7.53. The molecule has 1 radical (unpaired) electrons. The normalized spacial score (nSPS) is 11.7. The number of hydrogen-bond donors (Lipinski definition) is 2. The minimum atomic E-state index is 0. The SMILES string of the molecule is CCCCCCCCOc1c(OCCCCCCCC)c(OCCCCCCCC)c2c(c1OCCCCCCCC)-c1nc-2nc2[nH]c(nc3nc(nc4[nH]c(n1)c1ccccc41)-c1ccccc1-3)c1c(OCCCCCCCC)c(OCCCCCCCC)c(OCCCCCCCC)c(OCCCCCCCC)c21.[Cu+2]. The molecule has 0 amide bonds. The van der Waals surface area contributed by atoms with Crippen molar-refractivity contribution in [3.8, 4) is 91.5 Å². The van der Waals surface area contributed by atoms with Gasteiger partial charge >= 0.3 is 17.1 Å². The molecule has 7 aromatic rings. The quantitative estimate of drug-likeness (QED) is 0.0271. The van der Waals surface area contributed by atoms with Gasteiger partial charge in [0, 0.05) is 21.9 Å². The molecule has 4 aromatic carbocycles. The summed E-state index contributed by atoms with van der Waals surface area (Å²) in [4.78, 5) is 42.0. The Kier molecular flexibility index (Phi) is 43.9. The van der Waals surface area contributed by atoms with Crippen molar-refractivity contribution in [2.45, 2.75) is 364 Å². The van der Waals surface area contributed by atoms with Gasteiger partial charge in [-0.05, 0) is 51.4 Å². The topological polar surface area (TPSA) is 183 Å². The fourth-order valence-corrected chi connectivity index (χ4v) is 15.5. The second kappa shape index (κ2) is 54.1. The molecule has 3 aromatic heterocycles. The second-order valence-corrected chi connectivity index (χ2v) is 31.8. The van der Waals surface area contributed by atoms with Gasteiger partial charge in [0.1, 0.15) is 22.6 Å². The zero-order valence-corrected chi connectivity index (χ0v) is 72.4. The molecule has 17 heteroatoms. The van der Waals surface area contributed by atoms with Crippen molar-refractivity contribution in [3.05, 3.63) is 48.5 Å². The van der Waals surface area contributed by atoms with Gasteiger partial charge < -0.3 is 47.9 Å². The smallest absolute Gasteiger partial charge is 0.489 e. The Morgan fingerprint density at radius 2 is 0.416 bits per heavy atom. The Morgan fingerprint density at radius 1 is 0.212 bits per heavy atom. The summed E-state index contributed by atoms with van der Waals surface area (Å²) >= 11 is 0. The van der Waals surface area contributed by atoms with Crippen LogP contribution in [0.4, 0.5) is 0 Å². The molecule has 0 aliphatic carbocycles. The number of fused-ring (bicyclic) bond motifs is 20. The minimum absolute atomic E-state index is 0. The van der Waals surface area contributed by atoms with Crippen LogP contribution in [0.1, 0.15) is 364 Å². The monoisotopic (exact) mass is 1600 g/mol. The van der Waals surface area contributed by atoms with Gasteiger partial charge in [0.15, 0.2) is 46.3 Å². The van der Waals surface area contributed by atoms with Crippen LogP contribution in [0.2, 0.25) is 0 Å². The van der Waals surface area contributed by atoms with E-state index in [4.69, 9.17) is 67.8 Å². The number of aromatic amines is 2. The Hall–Kier alpha value is -6.84. The molecule has 5 heterocycles. The molecular formula is C96H146CuN8O8+2. The molecular weight excluding hydrogens is 1460 g/mol. The van der Waals surface area contributed by atoms with E-state index in [0.29, 0.717) is 167 Å². The van der Waals surface area contributed by atoms with E-state index >= 15 is 0 Å². The predicted molar refractivity (Wildman–Crippen MR) is 467 cm³/mol. The molecule has 2 aliphatic heterocycles. The number of nitrogens with one attached hydrogen (secondary N) is 2. The molecule has 2 aliphatic rings. The van der Waals surface area contributed by atoms with E-state index in [1.54, 1.807) is 0 Å². The van der Waals surface area contributed by atoms with E-state index in [-0.39, 0.29) is 17.1 Å².